The van der Waals surface area contributed by atoms with Crippen LogP contribution >= 0.6 is 23.1 Å². The van der Waals surface area contributed by atoms with Crippen molar-refractivity contribution in [2.24, 2.45) is 5.92 Å². The minimum Gasteiger partial charge on any atom is -0.508 e. The van der Waals surface area contributed by atoms with Gasteiger partial charge in [0.05, 0.1) is 28.8 Å². The van der Waals surface area contributed by atoms with Gasteiger partial charge in [0, 0.05) is 16.5 Å². The highest BCUT2D eigenvalue weighted by Crippen LogP contribution is 2.53. The summed E-state index contributed by atoms with van der Waals surface area (Å²) in [6, 6.07) is 17.4. The Morgan fingerprint density at radius 3 is 2.30 bits per heavy atom. The average molecular weight is 634 g/mol. The molecule has 3 heterocycles. The quantitative estimate of drug-likeness (QED) is 0.174. The van der Waals surface area contributed by atoms with Crippen molar-refractivity contribution in [2.45, 2.75) is 29.7 Å². The molecular formula is C31H24FN3O7S2. The molecule has 0 radical (unpaired) electrons. The molecule has 1 aromatic heterocycles. The second kappa shape index (κ2) is 11.7. The third-order valence-corrected chi connectivity index (χ3v) is 9.97. The number of thioether (sulfide) groups is 1. The maximum Gasteiger partial charge on any atom is 0.338 e. The number of rotatable bonds is 7. The van der Waals surface area contributed by atoms with Gasteiger partial charge in [-0.15, -0.1) is 0 Å². The number of ether oxygens (including phenoxy) is 1. The minimum atomic E-state index is -0.935. The molecule has 3 amide bonds. The van der Waals surface area contributed by atoms with Crippen LogP contribution in [0.15, 0.2) is 82.6 Å². The number of anilines is 2. The van der Waals surface area contributed by atoms with Crippen molar-refractivity contribution >= 4 is 58.2 Å². The molecule has 1 fully saturated rings. The highest BCUT2D eigenvalue weighted by molar-refractivity contribution is 8.00. The first-order valence-electron chi connectivity index (χ1n) is 13.6. The number of fused-ring (bicyclic) bond motifs is 2. The second-order valence-electron chi connectivity index (χ2n) is 10.1. The van der Waals surface area contributed by atoms with Gasteiger partial charge < -0.3 is 15.2 Å². The molecule has 0 unspecified atom stereocenters. The van der Waals surface area contributed by atoms with Gasteiger partial charge in [0.25, 0.3) is 0 Å². The molecular weight excluding hydrogens is 609 g/mol. The Bertz CT molecular complexity index is 1840. The van der Waals surface area contributed by atoms with E-state index < -0.39 is 51.5 Å². The average Bonchev–Trinajstić information content (AvgIpc) is 3.45. The monoisotopic (exact) mass is 633 g/mol. The Morgan fingerprint density at radius 2 is 1.64 bits per heavy atom. The van der Waals surface area contributed by atoms with Crippen molar-refractivity contribution in [1.29, 1.82) is 0 Å². The van der Waals surface area contributed by atoms with E-state index in [4.69, 9.17) is 4.74 Å². The molecule has 2 aliphatic rings. The lowest BCUT2D eigenvalue weighted by atomic mass is 9.83. The largest absolute Gasteiger partial charge is 0.508 e. The van der Waals surface area contributed by atoms with Gasteiger partial charge in [-0.3, -0.25) is 23.7 Å². The van der Waals surface area contributed by atoms with Gasteiger partial charge in [-0.25, -0.2) is 14.1 Å². The van der Waals surface area contributed by atoms with E-state index in [-0.39, 0.29) is 30.2 Å². The lowest BCUT2D eigenvalue weighted by Crippen LogP contribution is -2.33. The zero-order valence-corrected chi connectivity index (χ0v) is 24.7. The van der Waals surface area contributed by atoms with E-state index in [1.165, 1.54) is 77.4 Å². The fourth-order valence-electron chi connectivity index (χ4n) is 5.39. The summed E-state index contributed by atoms with van der Waals surface area (Å²) < 4.78 is 20.2. The van der Waals surface area contributed by atoms with Crippen LogP contribution in [-0.2, 0) is 25.7 Å². The van der Waals surface area contributed by atoms with Crippen LogP contribution in [0.4, 0.5) is 15.8 Å². The molecule has 13 heteroatoms. The number of carbonyl (C=O) groups excluding carboxylic acids is 4. The number of nitrogens with zero attached hydrogens (tertiary/aromatic N) is 2. The number of imide groups is 1. The Hall–Kier alpha value is -4.75. The van der Waals surface area contributed by atoms with E-state index in [9.17, 15) is 33.5 Å². The van der Waals surface area contributed by atoms with Gasteiger partial charge in [-0.1, -0.05) is 35.2 Å². The normalized spacial score (nSPS) is 19.0. The standard InChI is InChI=1S/C31H24FN3O7S2/c1-2-42-30(40)17-5-11-20(12-6-17)35-27(38)24-23(16-3-7-18(32)8-4-16)26-29(43-25(24)28(35)39)34(31(41)44-26)15-22(37)33-19-9-13-21(36)14-10-19/h3-14,23-25,36H,2,15H2,1H3,(H,33,37)/t23-,24-,25+/m0/s1. The Balaban J connectivity index is 1.36. The van der Waals surface area contributed by atoms with E-state index in [1.807, 2.05) is 0 Å². The maximum absolute atomic E-state index is 14.0. The van der Waals surface area contributed by atoms with Crippen molar-refractivity contribution in [3.63, 3.8) is 0 Å². The number of aromatic nitrogens is 1. The number of benzene rings is 3. The lowest BCUT2D eigenvalue weighted by Gasteiger charge is -2.30. The summed E-state index contributed by atoms with van der Waals surface area (Å²) >= 11 is 1.93. The molecule has 224 valence electrons. The fraction of sp³-hybridized carbons (Fsp3) is 0.194. The first-order valence-corrected chi connectivity index (χ1v) is 15.3. The highest BCUT2D eigenvalue weighted by Gasteiger charge is 2.56. The van der Waals surface area contributed by atoms with Crippen LogP contribution in [0.2, 0.25) is 0 Å². The zero-order valence-electron chi connectivity index (χ0n) is 23.1. The topological polar surface area (TPSA) is 135 Å². The Labute approximate surface area is 258 Å². The molecule has 0 saturated carbocycles. The molecule has 3 aromatic carbocycles. The number of thiazole rings is 1. The van der Waals surface area contributed by atoms with E-state index in [1.54, 1.807) is 6.92 Å². The van der Waals surface area contributed by atoms with Crippen LogP contribution in [-0.4, -0.2) is 45.2 Å². The van der Waals surface area contributed by atoms with E-state index in [0.717, 1.165) is 28.0 Å². The number of hydrogen-bond acceptors (Lipinski definition) is 9. The molecule has 3 atom stereocenters. The maximum atomic E-state index is 14.0. The minimum absolute atomic E-state index is 0.0312. The van der Waals surface area contributed by atoms with Crippen LogP contribution in [0, 0.1) is 11.7 Å². The fourth-order valence-corrected chi connectivity index (χ4v) is 8.16. The van der Waals surface area contributed by atoms with Gasteiger partial charge in [0.2, 0.25) is 17.7 Å². The Morgan fingerprint density at radius 1 is 0.955 bits per heavy atom. The van der Waals surface area contributed by atoms with Gasteiger partial charge in [-0.05, 0) is 73.2 Å². The van der Waals surface area contributed by atoms with Crippen LogP contribution in [0.5, 0.6) is 5.75 Å². The number of phenolic OH excluding ortho intramolecular Hbond substituents is 1. The number of hydrogen-bond donors (Lipinski definition) is 2. The van der Waals surface area contributed by atoms with Crippen molar-refractivity contribution in [3.05, 3.63) is 104 Å². The van der Waals surface area contributed by atoms with Gasteiger partial charge >= 0.3 is 10.8 Å². The van der Waals surface area contributed by atoms with Crippen molar-refractivity contribution in [2.75, 3.05) is 16.8 Å². The number of amides is 3. The number of carbonyl (C=O) groups is 4. The molecule has 0 spiro atoms. The van der Waals surface area contributed by atoms with Crippen molar-refractivity contribution in [1.82, 2.24) is 4.57 Å². The summed E-state index contributed by atoms with van der Waals surface area (Å²) in [4.78, 5) is 67.3. The SMILES string of the molecule is CCOC(=O)c1ccc(N2C(=O)[C@H]3[C@H](c4ccc(F)cc4)c4sc(=O)n(CC(=O)Nc5ccc(O)cc5)c4S[C@H]3C2=O)cc1. The van der Waals surface area contributed by atoms with Crippen LogP contribution in [0.3, 0.4) is 0 Å². The highest BCUT2D eigenvalue weighted by atomic mass is 32.2. The second-order valence-corrected chi connectivity index (χ2v) is 12.2. The molecule has 1 saturated heterocycles. The summed E-state index contributed by atoms with van der Waals surface area (Å²) in [6.07, 6.45) is 0. The lowest BCUT2D eigenvalue weighted by molar-refractivity contribution is -0.122. The van der Waals surface area contributed by atoms with Gasteiger partial charge in [0.15, 0.2) is 0 Å². The molecule has 0 aliphatic carbocycles. The third-order valence-electron chi connectivity index (χ3n) is 7.37. The molecule has 44 heavy (non-hydrogen) atoms. The summed E-state index contributed by atoms with van der Waals surface area (Å²) in [7, 11) is 0. The predicted octanol–water partition coefficient (Wildman–Crippen LogP) is 4.37. The number of aromatic hydroxyl groups is 1. The first-order chi connectivity index (χ1) is 21.2. The Kier molecular flexibility index (Phi) is 7.82. The summed E-state index contributed by atoms with van der Waals surface area (Å²) in [5.74, 6) is -4.15. The van der Waals surface area contributed by atoms with E-state index in [0.29, 0.717) is 21.2 Å². The molecule has 2 aliphatic heterocycles. The molecule has 6 rings (SSSR count). The van der Waals surface area contributed by atoms with Crippen LogP contribution < -0.4 is 15.1 Å². The third kappa shape index (κ3) is 5.28. The van der Waals surface area contributed by atoms with Crippen LogP contribution in [0.25, 0.3) is 0 Å². The van der Waals surface area contributed by atoms with Gasteiger partial charge in [-0.2, -0.15) is 0 Å². The van der Waals surface area contributed by atoms with E-state index in [2.05, 4.69) is 5.32 Å². The first kappa shape index (κ1) is 29.3. The molecule has 10 nitrogen and oxygen atoms in total. The summed E-state index contributed by atoms with van der Waals surface area (Å²) in [5, 5.41) is 11.6. The predicted molar refractivity (Wildman–Crippen MR) is 162 cm³/mol. The van der Waals surface area contributed by atoms with E-state index >= 15 is 0 Å². The number of nitrogens with one attached hydrogen (secondary N) is 1. The summed E-state index contributed by atoms with van der Waals surface area (Å²) in [6.45, 7) is 1.53. The van der Waals surface area contributed by atoms with Gasteiger partial charge in [0.1, 0.15) is 23.4 Å². The zero-order chi connectivity index (χ0) is 31.1. The summed E-state index contributed by atoms with van der Waals surface area (Å²) in [5.41, 5.74) is 1.51. The smallest absolute Gasteiger partial charge is 0.338 e. The number of esters is 1. The van der Waals surface area contributed by atoms with Crippen molar-refractivity contribution < 1.29 is 33.4 Å². The van der Waals surface area contributed by atoms with Crippen molar-refractivity contribution in [3.8, 4) is 5.75 Å². The number of halogens is 1. The molecule has 2 N–H and O–H groups in total. The number of phenols is 1. The molecule has 0 bridgehead atoms. The van der Waals surface area contributed by atoms with Crippen LogP contribution in [0.1, 0.15) is 33.6 Å². The molecule has 4 aromatic rings.